The Kier molecular flexibility index (Phi) is 5.98. The molecule has 3 aromatic rings. The van der Waals surface area contributed by atoms with Crippen LogP contribution in [0.4, 0.5) is 10.5 Å². The summed E-state index contributed by atoms with van der Waals surface area (Å²) in [6.45, 7) is 0.195. The lowest BCUT2D eigenvalue weighted by Gasteiger charge is -2.14. The number of nitrogens with zero attached hydrogens (tertiary/aromatic N) is 1. The average molecular weight is 436 g/mol. The number of aromatic amines is 1. The molecular weight excluding hydrogens is 412 g/mol. The zero-order chi connectivity index (χ0) is 22.7. The number of aromatic nitrogens is 1. The first kappa shape index (κ1) is 21.2. The molecule has 0 unspecified atom stereocenters. The fourth-order valence-electron chi connectivity index (χ4n) is 3.79. The summed E-state index contributed by atoms with van der Waals surface area (Å²) >= 11 is 0. The van der Waals surface area contributed by atoms with Crippen molar-refractivity contribution in [3.8, 4) is 11.5 Å². The normalized spacial score (nSPS) is 15.7. The van der Waals surface area contributed by atoms with Crippen LogP contribution in [0.25, 0.3) is 10.9 Å². The second kappa shape index (κ2) is 9.01. The van der Waals surface area contributed by atoms with Crippen molar-refractivity contribution in [3.63, 3.8) is 0 Å². The number of urea groups is 1. The van der Waals surface area contributed by atoms with Crippen LogP contribution in [0, 0.1) is 0 Å². The molecule has 32 heavy (non-hydrogen) atoms. The van der Waals surface area contributed by atoms with Crippen molar-refractivity contribution < 1.29 is 23.9 Å². The molecule has 9 nitrogen and oxygen atoms in total. The number of carbonyl (C=O) groups excluding carboxylic acids is 3. The van der Waals surface area contributed by atoms with Gasteiger partial charge in [-0.25, -0.2) is 4.79 Å². The number of benzene rings is 2. The summed E-state index contributed by atoms with van der Waals surface area (Å²) < 4.78 is 10.5. The summed E-state index contributed by atoms with van der Waals surface area (Å²) in [6, 6.07) is 11.4. The summed E-state index contributed by atoms with van der Waals surface area (Å²) in [6.07, 6.45) is 2.10. The molecule has 4 amide bonds. The second-order valence-corrected chi connectivity index (χ2v) is 7.43. The van der Waals surface area contributed by atoms with Gasteiger partial charge in [0.05, 0.1) is 26.3 Å². The third-order valence-electron chi connectivity index (χ3n) is 5.44. The van der Waals surface area contributed by atoms with E-state index < -0.39 is 18.0 Å². The average Bonchev–Trinajstić information content (AvgIpc) is 3.37. The van der Waals surface area contributed by atoms with Gasteiger partial charge < -0.3 is 25.1 Å². The summed E-state index contributed by atoms with van der Waals surface area (Å²) in [4.78, 5) is 41.8. The first-order chi connectivity index (χ1) is 15.5. The molecule has 1 aliphatic rings. The molecular formula is C23H24N4O5. The van der Waals surface area contributed by atoms with E-state index in [9.17, 15) is 14.4 Å². The number of hydrogen-bond acceptors (Lipinski definition) is 5. The Hall–Kier alpha value is -4.01. The van der Waals surface area contributed by atoms with E-state index in [2.05, 4.69) is 15.6 Å². The lowest BCUT2D eigenvalue weighted by molar-refractivity contribution is -0.129. The van der Waals surface area contributed by atoms with Gasteiger partial charge in [0.25, 0.3) is 5.91 Å². The van der Waals surface area contributed by atoms with E-state index in [1.54, 1.807) is 32.5 Å². The molecule has 4 rings (SSSR count). The van der Waals surface area contributed by atoms with E-state index >= 15 is 0 Å². The Morgan fingerprint density at radius 2 is 1.91 bits per heavy atom. The first-order valence-electron chi connectivity index (χ1n) is 10.2. The molecule has 0 aliphatic carbocycles. The van der Waals surface area contributed by atoms with Gasteiger partial charge in [0.1, 0.15) is 6.04 Å². The molecule has 0 radical (unpaired) electrons. The predicted octanol–water partition coefficient (Wildman–Crippen LogP) is 2.68. The van der Waals surface area contributed by atoms with Crippen LogP contribution in [-0.4, -0.2) is 54.5 Å². The van der Waals surface area contributed by atoms with E-state index in [1.807, 2.05) is 30.3 Å². The highest BCUT2D eigenvalue weighted by molar-refractivity contribution is 6.08. The van der Waals surface area contributed by atoms with Gasteiger partial charge in [-0.15, -0.1) is 0 Å². The first-order valence-corrected chi connectivity index (χ1v) is 10.2. The number of rotatable bonds is 8. The number of hydrogen-bond donors (Lipinski definition) is 3. The highest BCUT2D eigenvalue weighted by atomic mass is 16.5. The number of nitrogens with one attached hydrogen (secondary N) is 3. The van der Waals surface area contributed by atoms with Crippen LogP contribution in [0.1, 0.15) is 12.0 Å². The lowest BCUT2D eigenvalue weighted by atomic mass is 10.1. The van der Waals surface area contributed by atoms with Crippen molar-refractivity contribution in [3.05, 3.63) is 54.2 Å². The Morgan fingerprint density at radius 1 is 1.09 bits per heavy atom. The van der Waals surface area contributed by atoms with Gasteiger partial charge in [0.2, 0.25) is 5.91 Å². The van der Waals surface area contributed by atoms with Crippen molar-refractivity contribution in [2.24, 2.45) is 0 Å². The summed E-state index contributed by atoms with van der Waals surface area (Å²) in [5, 5.41) is 6.30. The minimum Gasteiger partial charge on any atom is -0.493 e. The van der Waals surface area contributed by atoms with E-state index in [0.717, 1.165) is 21.4 Å². The Labute approximate surface area is 184 Å². The van der Waals surface area contributed by atoms with Crippen LogP contribution in [0.15, 0.2) is 48.7 Å². The van der Waals surface area contributed by atoms with Crippen molar-refractivity contribution >= 4 is 34.4 Å². The van der Waals surface area contributed by atoms with Crippen LogP contribution in [0.5, 0.6) is 11.5 Å². The van der Waals surface area contributed by atoms with Gasteiger partial charge in [-0.2, -0.15) is 0 Å². The van der Waals surface area contributed by atoms with Crippen molar-refractivity contribution in [1.29, 1.82) is 0 Å². The third-order valence-corrected chi connectivity index (χ3v) is 5.44. The van der Waals surface area contributed by atoms with E-state index in [4.69, 9.17) is 9.47 Å². The minimum atomic E-state index is -0.890. The molecule has 0 bridgehead atoms. The topological polar surface area (TPSA) is 113 Å². The van der Waals surface area contributed by atoms with Crippen LogP contribution in [0.2, 0.25) is 0 Å². The molecule has 3 N–H and O–H groups in total. The van der Waals surface area contributed by atoms with Crippen LogP contribution in [-0.2, 0) is 16.0 Å². The quantitative estimate of drug-likeness (QED) is 0.470. The molecule has 1 aromatic heterocycles. The SMILES string of the molecule is COc1ccc(CCN2C(=O)N[C@@H](CC(=O)Nc3cccc4[nH]ccc34)C2=O)cc1OC. The smallest absolute Gasteiger partial charge is 0.324 e. The van der Waals surface area contributed by atoms with E-state index in [0.29, 0.717) is 23.6 Å². The number of imide groups is 1. The maximum atomic E-state index is 12.7. The maximum Gasteiger partial charge on any atom is 0.324 e. The number of carbonyl (C=O) groups is 3. The van der Waals surface area contributed by atoms with Crippen molar-refractivity contribution in [1.82, 2.24) is 15.2 Å². The second-order valence-electron chi connectivity index (χ2n) is 7.43. The molecule has 0 saturated carbocycles. The third kappa shape index (κ3) is 4.22. The van der Waals surface area contributed by atoms with Gasteiger partial charge in [-0.1, -0.05) is 12.1 Å². The molecule has 1 aliphatic heterocycles. The highest BCUT2D eigenvalue weighted by Crippen LogP contribution is 2.28. The Bertz CT molecular complexity index is 1170. The molecule has 1 atom stereocenters. The monoisotopic (exact) mass is 436 g/mol. The number of methoxy groups -OCH3 is 2. The Morgan fingerprint density at radius 3 is 2.69 bits per heavy atom. The lowest BCUT2D eigenvalue weighted by Crippen LogP contribution is -2.35. The highest BCUT2D eigenvalue weighted by Gasteiger charge is 2.38. The number of amides is 4. The Balaban J connectivity index is 1.36. The van der Waals surface area contributed by atoms with Crippen LogP contribution >= 0.6 is 0 Å². The van der Waals surface area contributed by atoms with Crippen LogP contribution < -0.4 is 20.1 Å². The van der Waals surface area contributed by atoms with Gasteiger partial charge in [0.15, 0.2) is 11.5 Å². The van der Waals surface area contributed by atoms with Crippen LogP contribution in [0.3, 0.4) is 0 Å². The fourth-order valence-corrected chi connectivity index (χ4v) is 3.79. The summed E-state index contributed by atoms with van der Waals surface area (Å²) in [7, 11) is 3.10. The molecule has 9 heteroatoms. The summed E-state index contributed by atoms with van der Waals surface area (Å²) in [5.74, 6) is 0.423. The number of anilines is 1. The molecule has 0 spiro atoms. The zero-order valence-corrected chi connectivity index (χ0v) is 17.8. The van der Waals surface area contributed by atoms with Gasteiger partial charge in [-0.05, 0) is 42.3 Å². The van der Waals surface area contributed by atoms with Crippen molar-refractivity contribution in [2.45, 2.75) is 18.9 Å². The van der Waals surface area contributed by atoms with Gasteiger partial charge >= 0.3 is 6.03 Å². The molecule has 166 valence electrons. The number of fused-ring (bicyclic) bond motifs is 1. The minimum absolute atomic E-state index is 0.141. The van der Waals surface area contributed by atoms with E-state index in [1.165, 1.54) is 0 Å². The predicted molar refractivity (Wildman–Crippen MR) is 119 cm³/mol. The van der Waals surface area contributed by atoms with Gasteiger partial charge in [0, 0.05) is 23.6 Å². The standard InChI is InChI=1S/C23H24N4O5/c1-31-19-7-6-14(12-20(19)32-2)9-11-27-22(29)18(26-23(27)30)13-21(28)25-17-5-3-4-16-15(17)8-10-24-16/h3-8,10,12,18,24H,9,11,13H2,1-2H3,(H,25,28)(H,26,30)/t18-/m0/s1. The molecule has 1 fully saturated rings. The molecule has 1 saturated heterocycles. The van der Waals surface area contributed by atoms with E-state index in [-0.39, 0.29) is 18.9 Å². The van der Waals surface area contributed by atoms with Gasteiger partial charge in [-0.3, -0.25) is 14.5 Å². The van der Waals surface area contributed by atoms with Crippen molar-refractivity contribution in [2.75, 3.05) is 26.1 Å². The fraction of sp³-hybridized carbons (Fsp3) is 0.261. The molecule has 2 heterocycles. The number of H-pyrrole nitrogens is 1. The summed E-state index contributed by atoms with van der Waals surface area (Å²) in [5.41, 5.74) is 2.44. The maximum absolute atomic E-state index is 12.7. The molecule has 2 aromatic carbocycles. The number of ether oxygens (including phenoxy) is 2. The zero-order valence-electron chi connectivity index (χ0n) is 17.8. The largest absolute Gasteiger partial charge is 0.493 e.